The van der Waals surface area contributed by atoms with Gasteiger partial charge in [0.05, 0.1) is 6.61 Å². The third kappa shape index (κ3) is 3.67. The fraction of sp³-hybridized carbons (Fsp3) is 0.250. The molecule has 0 aliphatic carbocycles. The smallest absolute Gasteiger partial charge is 0.253 e. The molecule has 0 saturated carbocycles. The summed E-state index contributed by atoms with van der Waals surface area (Å²) in [5, 5.41) is 4.72. The first-order chi connectivity index (χ1) is 6.53. The van der Waals surface area contributed by atoms with Crippen LogP contribution in [-0.4, -0.2) is 14.7 Å². The van der Waals surface area contributed by atoms with Gasteiger partial charge in [0.25, 0.3) is 0 Å². The molecule has 0 radical (unpaired) electrons. The van der Waals surface area contributed by atoms with E-state index in [9.17, 15) is 8.42 Å². The number of rotatable bonds is 4. The summed E-state index contributed by atoms with van der Waals surface area (Å²) < 4.78 is 25.6. The molecule has 1 aromatic carbocycles. The summed E-state index contributed by atoms with van der Waals surface area (Å²) in [5.74, 6) is 0. The minimum absolute atomic E-state index is 0.0180. The first kappa shape index (κ1) is 11.5. The average Bonchev–Trinajstić information content (AvgIpc) is 2.14. The second-order valence-corrected chi connectivity index (χ2v) is 4.64. The van der Waals surface area contributed by atoms with Crippen LogP contribution in [0.1, 0.15) is 5.56 Å². The highest BCUT2D eigenvalue weighted by Crippen LogP contribution is 2.20. The van der Waals surface area contributed by atoms with Gasteiger partial charge in [-0.3, -0.25) is 4.18 Å². The first-order valence-electron chi connectivity index (χ1n) is 3.82. The molecule has 1 rings (SSSR count). The van der Waals surface area contributed by atoms with E-state index in [1.54, 1.807) is 6.07 Å². The Bertz CT molecular complexity index is 403. The van der Waals surface area contributed by atoms with E-state index in [-0.39, 0.29) is 6.61 Å². The van der Waals surface area contributed by atoms with E-state index in [0.29, 0.717) is 0 Å². The SMILES string of the molecule is CSc1ccccc1COS(N)(=O)=O. The van der Waals surface area contributed by atoms with Gasteiger partial charge in [-0.05, 0) is 17.9 Å². The normalized spacial score (nSPS) is 11.6. The number of thioether (sulfide) groups is 1. The second kappa shape index (κ2) is 4.79. The quantitative estimate of drug-likeness (QED) is 0.791. The summed E-state index contributed by atoms with van der Waals surface area (Å²) in [6.07, 6.45) is 1.91. The molecule has 6 heteroatoms. The molecular formula is C8H11NO3S2. The van der Waals surface area contributed by atoms with Gasteiger partial charge in [-0.25, -0.2) is 5.14 Å². The average molecular weight is 233 g/mol. The van der Waals surface area contributed by atoms with E-state index in [2.05, 4.69) is 4.18 Å². The Morgan fingerprint density at radius 2 is 2.07 bits per heavy atom. The van der Waals surface area contributed by atoms with E-state index < -0.39 is 10.3 Å². The third-order valence-electron chi connectivity index (χ3n) is 1.57. The van der Waals surface area contributed by atoms with Crippen molar-refractivity contribution in [3.8, 4) is 0 Å². The van der Waals surface area contributed by atoms with Crippen molar-refractivity contribution in [3.63, 3.8) is 0 Å². The molecule has 0 unspecified atom stereocenters. The molecule has 0 bridgehead atoms. The highest BCUT2D eigenvalue weighted by molar-refractivity contribution is 7.98. The number of hydrogen-bond donors (Lipinski definition) is 1. The standard InChI is InChI=1S/C8H11NO3S2/c1-13-8-5-3-2-4-7(8)6-12-14(9,10)11/h2-5H,6H2,1H3,(H2,9,10,11). The molecule has 0 heterocycles. The van der Waals surface area contributed by atoms with E-state index in [1.165, 1.54) is 11.8 Å². The van der Waals surface area contributed by atoms with Crippen LogP contribution in [0.5, 0.6) is 0 Å². The van der Waals surface area contributed by atoms with E-state index in [0.717, 1.165) is 10.5 Å². The van der Waals surface area contributed by atoms with Crippen LogP contribution in [0, 0.1) is 0 Å². The van der Waals surface area contributed by atoms with Gasteiger partial charge in [-0.2, -0.15) is 8.42 Å². The molecule has 0 aliphatic heterocycles. The van der Waals surface area contributed by atoms with Gasteiger partial charge in [0, 0.05) is 4.90 Å². The van der Waals surface area contributed by atoms with Gasteiger partial charge >= 0.3 is 10.3 Å². The van der Waals surface area contributed by atoms with Gasteiger partial charge in [0.2, 0.25) is 0 Å². The second-order valence-electron chi connectivity index (χ2n) is 2.57. The van der Waals surface area contributed by atoms with E-state index in [1.807, 2.05) is 24.5 Å². The Morgan fingerprint density at radius 3 is 2.64 bits per heavy atom. The van der Waals surface area contributed by atoms with Gasteiger partial charge in [-0.15, -0.1) is 11.8 Å². The fourth-order valence-corrected chi connectivity index (χ4v) is 1.86. The van der Waals surface area contributed by atoms with Crippen molar-refractivity contribution in [1.29, 1.82) is 0 Å². The number of nitrogens with two attached hydrogens (primary N) is 1. The van der Waals surface area contributed by atoms with Crippen LogP contribution in [0.4, 0.5) is 0 Å². The summed E-state index contributed by atoms with van der Waals surface area (Å²) >= 11 is 1.53. The van der Waals surface area contributed by atoms with Crippen molar-refractivity contribution in [1.82, 2.24) is 0 Å². The van der Waals surface area contributed by atoms with Gasteiger partial charge in [0.15, 0.2) is 0 Å². The van der Waals surface area contributed by atoms with Crippen LogP contribution in [0.25, 0.3) is 0 Å². The van der Waals surface area contributed by atoms with Crippen LogP contribution >= 0.6 is 11.8 Å². The predicted octanol–water partition coefficient (Wildman–Crippen LogP) is 1.13. The van der Waals surface area contributed by atoms with Crippen molar-refractivity contribution in [2.45, 2.75) is 11.5 Å². The molecule has 1 aromatic rings. The third-order valence-corrected chi connectivity index (χ3v) is 2.86. The van der Waals surface area contributed by atoms with Crippen LogP contribution in [0.2, 0.25) is 0 Å². The van der Waals surface area contributed by atoms with Crippen LogP contribution < -0.4 is 5.14 Å². The molecular weight excluding hydrogens is 222 g/mol. The summed E-state index contributed by atoms with van der Waals surface area (Å²) in [7, 11) is -3.86. The Kier molecular flexibility index (Phi) is 3.94. The topological polar surface area (TPSA) is 69.4 Å². The Hall–Kier alpha value is -0.560. The van der Waals surface area contributed by atoms with Crippen molar-refractivity contribution in [2.75, 3.05) is 6.26 Å². The van der Waals surface area contributed by atoms with Crippen molar-refractivity contribution in [3.05, 3.63) is 29.8 Å². The molecule has 0 fully saturated rings. The Morgan fingerprint density at radius 1 is 1.43 bits per heavy atom. The molecule has 0 aromatic heterocycles. The summed E-state index contributed by atoms with van der Waals surface area (Å²) in [6, 6.07) is 7.40. The number of hydrogen-bond acceptors (Lipinski definition) is 4. The molecule has 0 atom stereocenters. The fourth-order valence-electron chi connectivity index (χ4n) is 0.968. The molecule has 0 aliphatic rings. The highest BCUT2D eigenvalue weighted by atomic mass is 32.2. The Labute approximate surface area is 87.7 Å². The van der Waals surface area contributed by atoms with Crippen molar-refractivity contribution >= 4 is 22.1 Å². The monoisotopic (exact) mass is 233 g/mol. The molecule has 78 valence electrons. The molecule has 4 nitrogen and oxygen atoms in total. The highest BCUT2D eigenvalue weighted by Gasteiger charge is 2.05. The lowest BCUT2D eigenvalue weighted by molar-refractivity contribution is 0.306. The van der Waals surface area contributed by atoms with Crippen molar-refractivity contribution in [2.24, 2.45) is 5.14 Å². The predicted molar refractivity (Wildman–Crippen MR) is 56.1 cm³/mol. The lowest BCUT2D eigenvalue weighted by Gasteiger charge is -2.05. The van der Waals surface area contributed by atoms with Gasteiger partial charge < -0.3 is 0 Å². The maximum atomic E-state index is 10.6. The van der Waals surface area contributed by atoms with Crippen LogP contribution in [0.15, 0.2) is 29.2 Å². The molecule has 0 amide bonds. The van der Waals surface area contributed by atoms with Crippen molar-refractivity contribution < 1.29 is 12.6 Å². The summed E-state index contributed by atoms with van der Waals surface area (Å²) in [5.41, 5.74) is 0.814. The van der Waals surface area contributed by atoms with Gasteiger partial charge in [0.1, 0.15) is 0 Å². The zero-order chi connectivity index (χ0) is 10.6. The molecule has 0 saturated heterocycles. The zero-order valence-corrected chi connectivity index (χ0v) is 9.27. The van der Waals surface area contributed by atoms with Gasteiger partial charge in [-0.1, -0.05) is 18.2 Å². The maximum Gasteiger partial charge on any atom is 0.333 e. The number of benzene rings is 1. The zero-order valence-electron chi connectivity index (χ0n) is 7.64. The largest absolute Gasteiger partial charge is 0.333 e. The maximum absolute atomic E-state index is 10.6. The van der Waals surface area contributed by atoms with Crippen LogP contribution in [-0.2, 0) is 21.1 Å². The molecule has 14 heavy (non-hydrogen) atoms. The lowest BCUT2D eigenvalue weighted by atomic mass is 10.2. The minimum Gasteiger partial charge on any atom is -0.253 e. The summed E-state index contributed by atoms with van der Waals surface area (Å²) in [6.45, 7) is -0.0180. The lowest BCUT2D eigenvalue weighted by Crippen LogP contribution is -2.15. The first-order valence-corrected chi connectivity index (χ1v) is 6.51. The van der Waals surface area contributed by atoms with Crippen LogP contribution in [0.3, 0.4) is 0 Å². The Balaban J connectivity index is 2.76. The van der Waals surface area contributed by atoms with E-state index in [4.69, 9.17) is 5.14 Å². The minimum atomic E-state index is -3.86. The molecule has 2 N–H and O–H groups in total. The van der Waals surface area contributed by atoms with E-state index >= 15 is 0 Å². The molecule has 0 spiro atoms. The summed E-state index contributed by atoms with van der Waals surface area (Å²) in [4.78, 5) is 0.983.